The SMILES string of the molecule is CN1CCCCC1CC(=O)N1CCCCC1. The Hall–Kier alpha value is -0.570. The van der Waals surface area contributed by atoms with Gasteiger partial charge in [0.15, 0.2) is 0 Å². The molecular formula is C13H24N2O. The summed E-state index contributed by atoms with van der Waals surface area (Å²) in [6, 6.07) is 0.503. The van der Waals surface area contributed by atoms with Crippen LogP contribution in [0.15, 0.2) is 0 Å². The number of carbonyl (C=O) groups is 1. The molecule has 0 bridgehead atoms. The zero-order chi connectivity index (χ0) is 11.4. The fraction of sp³-hybridized carbons (Fsp3) is 0.923. The van der Waals surface area contributed by atoms with Crippen LogP contribution in [0.1, 0.15) is 44.9 Å². The monoisotopic (exact) mass is 224 g/mol. The fourth-order valence-corrected chi connectivity index (χ4v) is 2.88. The van der Waals surface area contributed by atoms with Crippen molar-refractivity contribution in [1.82, 2.24) is 9.80 Å². The van der Waals surface area contributed by atoms with Crippen LogP contribution in [0.5, 0.6) is 0 Å². The van der Waals surface area contributed by atoms with Crippen LogP contribution >= 0.6 is 0 Å². The molecule has 2 saturated heterocycles. The molecule has 1 atom stereocenters. The van der Waals surface area contributed by atoms with Crippen molar-refractivity contribution in [1.29, 1.82) is 0 Å². The van der Waals surface area contributed by atoms with Crippen molar-refractivity contribution >= 4 is 5.91 Å². The van der Waals surface area contributed by atoms with Gasteiger partial charge < -0.3 is 9.80 Å². The summed E-state index contributed by atoms with van der Waals surface area (Å²) in [7, 11) is 2.16. The molecule has 2 aliphatic rings. The number of hydrogen-bond donors (Lipinski definition) is 0. The van der Waals surface area contributed by atoms with Gasteiger partial charge in [-0.2, -0.15) is 0 Å². The lowest BCUT2D eigenvalue weighted by molar-refractivity contribution is -0.133. The number of amides is 1. The van der Waals surface area contributed by atoms with Gasteiger partial charge in [0.25, 0.3) is 0 Å². The van der Waals surface area contributed by atoms with Crippen molar-refractivity contribution in [3.05, 3.63) is 0 Å². The van der Waals surface area contributed by atoms with Crippen LogP contribution in [-0.2, 0) is 4.79 Å². The molecule has 0 aliphatic carbocycles. The van der Waals surface area contributed by atoms with Gasteiger partial charge in [-0.3, -0.25) is 4.79 Å². The quantitative estimate of drug-likeness (QED) is 0.715. The molecule has 1 amide bonds. The van der Waals surface area contributed by atoms with Crippen LogP contribution in [0.4, 0.5) is 0 Å². The molecule has 0 aromatic rings. The van der Waals surface area contributed by atoms with E-state index in [-0.39, 0.29) is 0 Å². The van der Waals surface area contributed by atoms with Crippen LogP contribution in [0, 0.1) is 0 Å². The largest absolute Gasteiger partial charge is 0.343 e. The third kappa shape index (κ3) is 2.97. The van der Waals surface area contributed by atoms with Crippen LogP contribution in [0.2, 0.25) is 0 Å². The molecule has 16 heavy (non-hydrogen) atoms. The maximum absolute atomic E-state index is 12.1. The van der Waals surface area contributed by atoms with Gasteiger partial charge in [-0.05, 0) is 45.7 Å². The summed E-state index contributed by atoms with van der Waals surface area (Å²) in [6.45, 7) is 3.16. The maximum atomic E-state index is 12.1. The second kappa shape index (κ2) is 5.67. The highest BCUT2D eigenvalue weighted by Crippen LogP contribution is 2.19. The average Bonchev–Trinajstić information content (AvgIpc) is 2.33. The molecule has 3 heteroatoms. The molecule has 92 valence electrons. The van der Waals surface area contributed by atoms with Gasteiger partial charge in [0.2, 0.25) is 5.91 Å². The summed E-state index contributed by atoms with van der Waals surface area (Å²) >= 11 is 0. The highest BCUT2D eigenvalue weighted by Gasteiger charge is 2.24. The molecule has 2 rings (SSSR count). The lowest BCUT2D eigenvalue weighted by atomic mass is 9.99. The van der Waals surface area contributed by atoms with Crippen LogP contribution in [-0.4, -0.2) is 48.4 Å². The van der Waals surface area contributed by atoms with E-state index in [9.17, 15) is 4.79 Å². The summed E-state index contributed by atoms with van der Waals surface area (Å²) < 4.78 is 0. The number of nitrogens with zero attached hydrogens (tertiary/aromatic N) is 2. The van der Waals surface area contributed by atoms with Gasteiger partial charge >= 0.3 is 0 Å². The smallest absolute Gasteiger partial charge is 0.224 e. The molecule has 2 aliphatic heterocycles. The maximum Gasteiger partial charge on any atom is 0.224 e. The van der Waals surface area contributed by atoms with Gasteiger partial charge in [-0.25, -0.2) is 0 Å². The van der Waals surface area contributed by atoms with E-state index in [4.69, 9.17) is 0 Å². The molecule has 0 spiro atoms. The second-order valence-electron chi connectivity index (χ2n) is 5.28. The first-order valence-corrected chi connectivity index (χ1v) is 6.75. The molecule has 0 radical (unpaired) electrons. The van der Waals surface area contributed by atoms with E-state index in [0.717, 1.165) is 26.1 Å². The molecule has 0 aromatic heterocycles. The number of rotatable bonds is 2. The van der Waals surface area contributed by atoms with Crippen molar-refractivity contribution in [2.75, 3.05) is 26.7 Å². The summed E-state index contributed by atoms with van der Waals surface area (Å²) in [5.74, 6) is 0.387. The number of carbonyl (C=O) groups excluding carboxylic acids is 1. The molecule has 0 aromatic carbocycles. The third-order valence-corrected chi connectivity index (χ3v) is 4.04. The number of piperidine rings is 2. The fourth-order valence-electron chi connectivity index (χ4n) is 2.88. The van der Waals surface area contributed by atoms with E-state index >= 15 is 0 Å². The number of likely N-dealkylation sites (tertiary alicyclic amines) is 2. The van der Waals surface area contributed by atoms with Gasteiger partial charge in [-0.1, -0.05) is 6.42 Å². The summed E-state index contributed by atoms with van der Waals surface area (Å²) in [5.41, 5.74) is 0. The molecule has 0 saturated carbocycles. The zero-order valence-electron chi connectivity index (χ0n) is 10.5. The Balaban J connectivity index is 1.80. The number of hydrogen-bond acceptors (Lipinski definition) is 2. The predicted molar refractivity (Wildman–Crippen MR) is 65.3 cm³/mol. The lowest BCUT2D eigenvalue weighted by Gasteiger charge is -2.34. The van der Waals surface area contributed by atoms with E-state index in [2.05, 4.69) is 16.8 Å². The normalized spacial score (nSPS) is 28.1. The Bertz CT molecular complexity index is 236. The van der Waals surface area contributed by atoms with Crippen LogP contribution in [0.3, 0.4) is 0 Å². The molecular weight excluding hydrogens is 200 g/mol. The van der Waals surface area contributed by atoms with E-state index in [1.807, 2.05) is 0 Å². The summed E-state index contributed by atoms with van der Waals surface area (Å²) in [4.78, 5) is 16.6. The van der Waals surface area contributed by atoms with E-state index < -0.39 is 0 Å². The lowest BCUT2D eigenvalue weighted by Crippen LogP contribution is -2.43. The summed E-state index contributed by atoms with van der Waals surface area (Å²) in [5, 5.41) is 0. The van der Waals surface area contributed by atoms with Crippen molar-refractivity contribution < 1.29 is 4.79 Å². The van der Waals surface area contributed by atoms with Crippen molar-refractivity contribution in [2.45, 2.75) is 51.0 Å². The first kappa shape index (κ1) is 11.9. The minimum Gasteiger partial charge on any atom is -0.343 e. The minimum absolute atomic E-state index is 0.387. The minimum atomic E-state index is 0.387. The average molecular weight is 224 g/mol. The van der Waals surface area contributed by atoms with Gasteiger partial charge in [0.1, 0.15) is 0 Å². The molecule has 1 unspecified atom stereocenters. The molecule has 2 fully saturated rings. The molecule has 3 nitrogen and oxygen atoms in total. The van der Waals surface area contributed by atoms with E-state index in [1.54, 1.807) is 0 Å². The van der Waals surface area contributed by atoms with Gasteiger partial charge in [0, 0.05) is 25.6 Å². The Morgan fingerprint density at radius 3 is 2.44 bits per heavy atom. The van der Waals surface area contributed by atoms with Crippen molar-refractivity contribution in [3.8, 4) is 0 Å². The van der Waals surface area contributed by atoms with E-state index in [0.29, 0.717) is 11.9 Å². The Labute approximate surface area is 98.8 Å². The molecule has 2 heterocycles. The second-order valence-corrected chi connectivity index (χ2v) is 5.28. The van der Waals surface area contributed by atoms with Gasteiger partial charge in [-0.15, -0.1) is 0 Å². The van der Waals surface area contributed by atoms with E-state index in [1.165, 1.54) is 38.5 Å². The van der Waals surface area contributed by atoms with Crippen LogP contribution < -0.4 is 0 Å². The highest BCUT2D eigenvalue weighted by atomic mass is 16.2. The Kier molecular flexibility index (Phi) is 4.22. The zero-order valence-corrected chi connectivity index (χ0v) is 10.5. The first-order valence-electron chi connectivity index (χ1n) is 6.75. The standard InChI is InChI=1S/C13H24N2O/c1-14-8-6-3-7-12(14)11-13(16)15-9-4-2-5-10-15/h12H,2-11H2,1H3. The Morgan fingerprint density at radius 2 is 1.75 bits per heavy atom. The van der Waals surface area contributed by atoms with Crippen molar-refractivity contribution in [2.24, 2.45) is 0 Å². The predicted octanol–water partition coefficient (Wildman–Crippen LogP) is 1.87. The highest BCUT2D eigenvalue weighted by molar-refractivity contribution is 5.76. The van der Waals surface area contributed by atoms with Crippen LogP contribution in [0.25, 0.3) is 0 Å². The first-order chi connectivity index (χ1) is 7.77. The molecule has 0 N–H and O–H groups in total. The van der Waals surface area contributed by atoms with Gasteiger partial charge in [0.05, 0.1) is 0 Å². The topological polar surface area (TPSA) is 23.6 Å². The van der Waals surface area contributed by atoms with Crippen molar-refractivity contribution in [3.63, 3.8) is 0 Å². The third-order valence-electron chi connectivity index (χ3n) is 4.04. The Morgan fingerprint density at radius 1 is 1.06 bits per heavy atom. The summed E-state index contributed by atoms with van der Waals surface area (Å²) in [6.07, 6.45) is 8.24.